The average molecular weight is 483 g/mol. The first-order valence-electron chi connectivity index (χ1n) is 8.70. The van der Waals surface area contributed by atoms with Crippen LogP contribution in [0, 0.1) is 0 Å². The summed E-state index contributed by atoms with van der Waals surface area (Å²) in [5.41, 5.74) is 0.910. The molecule has 8 heteroatoms. The van der Waals surface area contributed by atoms with Crippen molar-refractivity contribution in [1.82, 2.24) is 20.2 Å². The Bertz CT molecular complexity index is 887. The highest BCUT2D eigenvalue weighted by Gasteiger charge is 2.26. The van der Waals surface area contributed by atoms with Gasteiger partial charge in [0.15, 0.2) is 5.96 Å². The molecule has 0 saturated carbocycles. The molecule has 7 nitrogen and oxygen atoms in total. The lowest BCUT2D eigenvalue weighted by Gasteiger charge is -2.22. The van der Waals surface area contributed by atoms with Gasteiger partial charge >= 0.3 is 0 Å². The van der Waals surface area contributed by atoms with Crippen molar-refractivity contribution in [2.24, 2.45) is 12.0 Å². The number of hydrogen-bond acceptors (Lipinski definition) is 4. The largest absolute Gasteiger partial charge is 0.466 e. The molecule has 3 rings (SSSR count). The Labute approximate surface area is 175 Å². The Balaban J connectivity index is 0.00000261. The Morgan fingerprint density at radius 2 is 2.04 bits per heavy atom. The molecule has 3 N–H and O–H groups in total. The van der Waals surface area contributed by atoms with E-state index in [1.54, 1.807) is 25.3 Å². The molecule has 0 radical (unpaired) electrons. The third-order valence-electron chi connectivity index (χ3n) is 4.25. The first-order chi connectivity index (χ1) is 12.5. The number of halogens is 1. The van der Waals surface area contributed by atoms with Gasteiger partial charge in [0.2, 0.25) is 0 Å². The van der Waals surface area contributed by atoms with E-state index < -0.39 is 5.60 Å². The smallest absolute Gasteiger partial charge is 0.191 e. The maximum absolute atomic E-state index is 10.6. The molecule has 1 atom stereocenters. The van der Waals surface area contributed by atoms with Crippen molar-refractivity contribution in [2.75, 3.05) is 13.1 Å². The number of aryl methyl sites for hydroxylation is 1. The van der Waals surface area contributed by atoms with Gasteiger partial charge < -0.3 is 24.7 Å². The number of rotatable bonds is 6. The number of aromatic nitrogens is 2. The minimum absolute atomic E-state index is 0. The normalized spacial score (nSPS) is 13.9. The van der Waals surface area contributed by atoms with Crippen molar-refractivity contribution in [1.29, 1.82) is 0 Å². The number of guanidine groups is 1. The van der Waals surface area contributed by atoms with Gasteiger partial charge in [0.25, 0.3) is 0 Å². The maximum atomic E-state index is 10.6. The van der Waals surface area contributed by atoms with Crippen LogP contribution in [0.4, 0.5) is 0 Å². The van der Waals surface area contributed by atoms with Crippen molar-refractivity contribution in [2.45, 2.75) is 26.0 Å². The molecule has 27 heavy (non-hydrogen) atoms. The average Bonchev–Trinajstić information content (AvgIpc) is 3.27. The molecule has 0 fully saturated rings. The van der Waals surface area contributed by atoms with Crippen LogP contribution in [-0.4, -0.2) is 33.7 Å². The fourth-order valence-corrected chi connectivity index (χ4v) is 2.76. The van der Waals surface area contributed by atoms with Gasteiger partial charge in [-0.3, -0.25) is 0 Å². The molecule has 146 valence electrons. The first kappa shape index (κ1) is 21.2. The van der Waals surface area contributed by atoms with Gasteiger partial charge in [0.05, 0.1) is 23.8 Å². The molecule has 0 saturated heterocycles. The summed E-state index contributed by atoms with van der Waals surface area (Å²) in [6, 6.07) is 11.5. The molecule has 2 aromatic heterocycles. The molecule has 1 unspecified atom stereocenters. The molecule has 0 aliphatic heterocycles. The minimum atomic E-state index is -1.13. The monoisotopic (exact) mass is 483 g/mol. The van der Waals surface area contributed by atoms with Crippen LogP contribution < -0.4 is 10.6 Å². The second-order valence-corrected chi connectivity index (χ2v) is 6.38. The molecular formula is C19H26IN5O2. The van der Waals surface area contributed by atoms with Crippen LogP contribution in [-0.2, 0) is 19.2 Å². The number of fused-ring (bicyclic) bond motifs is 1. The van der Waals surface area contributed by atoms with E-state index in [0.29, 0.717) is 18.3 Å². The number of aliphatic hydroxyl groups is 1. The number of furan rings is 1. The van der Waals surface area contributed by atoms with Gasteiger partial charge in [-0.25, -0.2) is 9.98 Å². The quantitative estimate of drug-likeness (QED) is 0.285. The van der Waals surface area contributed by atoms with Crippen molar-refractivity contribution in [3.63, 3.8) is 0 Å². The zero-order valence-electron chi connectivity index (χ0n) is 15.8. The van der Waals surface area contributed by atoms with Crippen LogP contribution in [0.5, 0.6) is 0 Å². The fraction of sp³-hybridized carbons (Fsp3) is 0.368. The van der Waals surface area contributed by atoms with E-state index in [2.05, 4.69) is 20.6 Å². The molecule has 1 aromatic carbocycles. The zero-order chi connectivity index (χ0) is 18.6. The van der Waals surface area contributed by atoms with Crippen LogP contribution in [0.2, 0.25) is 0 Å². The lowest BCUT2D eigenvalue weighted by Crippen LogP contribution is -2.44. The summed E-state index contributed by atoms with van der Waals surface area (Å²) in [6.45, 7) is 5.13. The predicted octanol–water partition coefficient (Wildman–Crippen LogP) is 2.75. The van der Waals surface area contributed by atoms with Crippen LogP contribution in [0.1, 0.15) is 25.4 Å². The van der Waals surface area contributed by atoms with E-state index in [9.17, 15) is 5.11 Å². The third kappa shape index (κ3) is 5.01. The molecule has 0 amide bonds. The number of para-hydroxylation sites is 2. The second kappa shape index (κ2) is 9.23. The van der Waals surface area contributed by atoms with Crippen LogP contribution >= 0.6 is 24.0 Å². The molecular weight excluding hydrogens is 457 g/mol. The molecule has 2 heterocycles. The molecule has 0 bridgehead atoms. The Kier molecular flexibility index (Phi) is 7.25. The summed E-state index contributed by atoms with van der Waals surface area (Å²) in [6.07, 6.45) is 1.55. The Morgan fingerprint density at radius 1 is 1.26 bits per heavy atom. The standard InChI is InChI=1S/C19H25N5O2.HI/c1-4-20-18(22-13-19(2,25)16-10-7-11-26-16)21-12-17-23-14-8-5-6-9-15(14)24(17)3;/h5-11,25H,4,12-13H2,1-3H3,(H2,20,21,22);1H. The highest BCUT2D eigenvalue weighted by atomic mass is 127. The van der Waals surface area contributed by atoms with Gasteiger partial charge in [0.1, 0.15) is 23.7 Å². The minimum Gasteiger partial charge on any atom is -0.466 e. The van der Waals surface area contributed by atoms with Gasteiger partial charge in [-0.05, 0) is 38.1 Å². The number of hydrogen-bond donors (Lipinski definition) is 3. The second-order valence-electron chi connectivity index (χ2n) is 6.38. The summed E-state index contributed by atoms with van der Waals surface area (Å²) in [5.74, 6) is 2.00. The van der Waals surface area contributed by atoms with Gasteiger partial charge in [-0.2, -0.15) is 0 Å². The van der Waals surface area contributed by atoms with E-state index >= 15 is 0 Å². The highest BCUT2D eigenvalue weighted by molar-refractivity contribution is 14.0. The maximum Gasteiger partial charge on any atom is 0.191 e. The number of nitrogens with zero attached hydrogens (tertiary/aromatic N) is 3. The van der Waals surface area contributed by atoms with E-state index in [0.717, 1.165) is 23.4 Å². The summed E-state index contributed by atoms with van der Waals surface area (Å²) < 4.78 is 7.35. The van der Waals surface area contributed by atoms with Crippen molar-refractivity contribution in [3.8, 4) is 0 Å². The third-order valence-corrected chi connectivity index (χ3v) is 4.25. The van der Waals surface area contributed by atoms with Gasteiger partial charge in [0, 0.05) is 13.6 Å². The number of imidazole rings is 1. The molecule has 0 spiro atoms. The highest BCUT2D eigenvalue weighted by Crippen LogP contribution is 2.19. The topological polar surface area (TPSA) is 87.6 Å². The van der Waals surface area contributed by atoms with E-state index in [1.165, 1.54) is 0 Å². The fourth-order valence-electron chi connectivity index (χ4n) is 2.76. The lowest BCUT2D eigenvalue weighted by molar-refractivity contribution is 0.0386. The van der Waals surface area contributed by atoms with Crippen molar-refractivity contribution >= 4 is 41.0 Å². The van der Waals surface area contributed by atoms with Crippen LogP contribution in [0.25, 0.3) is 11.0 Å². The number of nitrogens with one attached hydrogen (secondary N) is 2. The molecule has 0 aliphatic rings. The first-order valence-corrected chi connectivity index (χ1v) is 8.70. The van der Waals surface area contributed by atoms with Crippen molar-refractivity contribution < 1.29 is 9.52 Å². The predicted molar refractivity (Wildman–Crippen MR) is 117 cm³/mol. The number of benzene rings is 1. The molecule has 3 aromatic rings. The summed E-state index contributed by atoms with van der Waals surface area (Å²) in [4.78, 5) is 9.22. The Morgan fingerprint density at radius 3 is 2.70 bits per heavy atom. The van der Waals surface area contributed by atoms with Crippen LogP contribution in [0.15, 0.2) is 52.1 Å². The lowest BCUT2D eigenvalue weighted by atomic mass is 10.0. The summed E-state index contributed by atoms with van der Waals surface area (Å²) in [5, 5.41) is 16.9. The SMILES string of the molecule is CCNC(=NCc1nc2ccccc2n1C)NCC(C)(O)c1ccco1.I. The van der Waals surface area contributed by atoms with Crippen LogP contribution in [0.3, 0.4) is 0 Å². The van der Waals surface area contributed by atoms with Gasteiger partial charge in [-0.15, -0.1) is 24.0 Å². The zero-order valence-corrected chi connectivity index (χ0v) is 18.1. The van der Waals surface area contributed by atoms with E-state index in [1.807, 2.05) is 42.8 Å². The van der Waals surface area contributed by atoms with Gasteiger partial charge in [-0.1, -0.05) is 12.1 Å². The Hall–Kier alpha value is -2.07. The number of aliphatic imine (C=N–C) groups is 1. The molecule has 0 aliphatic carbocycles. The summed E-state index contributed by atoms with van der Waals surface area (Å²) >= 11 is 0. The van der Waals surface area contributed by atoms with E-state index in [-0.39, 0.29) is 30.5 Å². The van der Waals surface area contributed by atoms with E-state index in [4.69, 9.17) is 4.42 Å². The van der Waals surface area contributed by atoms with Crippen molar-refractivity contribution in [3.05, 3.63) is 54.2 Å². The summed E-state index contributed by atoms with van der Waals surface area (Å²) in [7, 11) is 1.99.